The van der Waals surface area contributed by atoms with Crippen LogP contribution in [0.25, 0.3) is 11.3 Å². The van der Waals surface area contributed by atoms with Crippen molar-refractivity contribution in [1.82, 2.24) is 9.78 Å². The minimum Gasteiger partial charge on any atom is -0.494 e. The number of aryl methyl sites for hydroxylation is 2. The number of hydrogen-bond donors (Lipinski definition) is 0. The van der Waals surface area contributed by atoms with Crippen LogP contribution in [0.3, 0.4) is 0 Å². The fourth-order valence-electron chi connectivity index (χ4n) is 1.92. The lowest BCUT2D eigenvalue weighted by Gasteiger charge is -2.09. The third-order valence-corrected chi connectivity index (χ3v) is 2.76. The molecule has 0 fully saturated rings. The maximum atomic E-state index is 8.85. The van der Waals surface area contributed by atoms with Gasteiger partial charge >= 0.3 is 0 Å². The fourth-order valence-corrected chi connectivity index (χ4v) is 1.92. The summed E-state index contributed by atoms with van der Waals surface area (Å²) in [5.74, 6) is 0.893. The first kappa shape index (κ1) is 12.2. The van der Waals surface area contributed by atoms with Gasteiger partial charge in [0.25, 0.3) is 0 Å². The summed E-state index contributed by atoms with van der Waals surface area (Å²) in [5, 5.41) is 13.0. The maximum Gasteiger partial charge on any atom is 0.163 e. The normalized spacial score (nSPS) is 10.1. The number of hydrogen-bond acceptors (Lipinski definition) is 3. The summed E-state index contributed by atoms with van der Waals surface area (Å²) in [6.07, 6.45) is 0. The molecule has 4 heteroatoms. The van der Waals surface area contributed by atoms with Crippen molar-refractivity contribution in [3.05, 3.63) is 35.5 Å². The van der Waals surface area contributed by atoms with Gasteiger partial charge in [0.15, 0.2) is 5.69 Å². The Balaban J connectivity index is 2.42. The number of benzene rings is 1. The second-order valence-electron chi connectivity index (χ2n) is 4.06. The van der Waals surface area contributed by atoms with Gasteiger partial charge in [-0.15, -0.1) is 0 Å². The van der Waals surface area contributed by atoms with Crippen LogP contribution in [0.1, 0.15) is 18.2 Å². The number of aromatic nitrogens is 2. The summed E-state index contributed by atoms with van der Waals surface area (Å²) < 4.78 is 7.23. The zero-order chi connectivity index (χ0) is 13.1. The van der Waals surface area contributed by atoms with Gasteiger partial charge in [-0.05, 0) is 37.6 Å². The largest absolute Gasteiger partial charge is 0.494 e. The molecule has 2 rings (SSSR count). The van der Waals surface area contributed by atoms with Crippen molar-refractivity contribution in [3.63, 3.8) is 0 Å². The Morgan fingerprint density at radius 2 is 2.17 bits per heavy atom. The minimum atomic E-state index is 0.430. The smallest absolute Gasteiger partial charge is 0.163 e. The molecule has 18 heavy (non-hydrogen) atoms. The second kappa shape index (κ2) is 4.92. The molecule has 1 aromatic heterocycles. The van der Waals surface area contributed by atoms with Gasteiger partial charge < -0.3 is 4.74 Å². The Morgan fingerprint density at radius 3 is 2.72 bits per heavy atom. The molecule has 0 bridgehead atoms. The molecule has 2 aromatic rings. The molecule has 0 radical (unpaired) electrons. The molecule has 1 aromatic carbocycles. The standard InChI is InChI=1S/C14H15N3O/c1-4-18-14-6-5-11(7-10(14)2)13-8-12(9-15)16-17(13)3/h5-8H,4H2,1-3H3. The van der Waals surface area contributed by atoms with E-state index < -0.39 is 0 Å². The molecule has 0 spiro atoms. The van der Waals surface area contributed by atoms with Gasteiger partial charge in [0.2, 0.25) is 0 Å². The van der Waals surface area contributed by atoms with Gasteiger partial charge in [-0.3, -0.25) is 4.68 Å². The monoisotopic (exact) mass is 241 g/mol. The summed E-state index contributed by atoms with van der Waals surface area (Å²) in [4.78, 5) is 0. The van der Waals surface area contributed by atoms with E-state index in [1.807, 2.05) is 45.2 Å². The lowest BCUT2D eigenvalue weighted by Crippen LogP contribution is -1.96. The predicted octanol–water partition coefficient (Wildman–Crippen LogP) is 2.67. The first-order chi connectivity index (χ1) is 8.65. The van der Waals surface area contributed by atoms with Gasteiger partial charge in [-0.2, -0.15) is 10.4 Å². The molecule has 92 valence electrons. The summed E-state index contributed by atoms with van der Waals surface area (Å²) in [6.45, 7) is 4.63. The van der Waals surface area contributed by atoms with E-state index >= 15 is 0 Å². The van der Waals surface area contributed by atoms with E-state index in [2.05, 4.69) is 5.10 Å². The molecule has 0 N–H and O–H groups in total. The molecule has 0 saturated heterocycles. The molecule has 0 aliphatic carbocycles. The molecule has 4 nitrogen and oxygen atoms in total. The molecule has 0 aliphatic rings. The van der Waals surface area contributed by atoms with Gasteiger partial charge in [0.05, 0.1) is 12.3 Å². The van der Waals surface area contributed by atoms with Crippen LogP contribution in [0.5, 0.6) is 5.75 Å². The van der Waals surface area contributed by atoms with Crippen molar-refractivity contribution in [1.29, 1.82) is 5.26 Å². The molecular formula is C14H15N3O. The van der Waals surface area contributed by atoms with E-state index in [-0.39, 0.29) is 0 Å². The fraction of sp³-hybridized carbons (Fsp3) is 0.286. The quantitative estimate of drug-likeness (QED) is 0.830. The first-order valence-corrected chi connectivity index (χ1v) is 5.83. The van der Waals surface area contributed by atoms with Crippen molar-refractivity contribution < 1.29 is 4.74 Å². The van der Waals surface area contributed by atoms with Crippen LogP contribution in [0.15, 0.2) is 24.3 Å². The third kappa shape index (κ3) is 2.21. The Morgan fingerprint density at radius 1 is 1.39 bits per heavy atom. The SMILES string of the molecule is CCOc1ccc(-c2cc(C#N)nn2C)cc1C. The van der Waals surface area contributed by atoms with Crippen molar-refractivity contribution in [3.8, 4) is 23.1 Å². The zero-order valence-electron chi connectivity index (χ0n) is 10.8. The average Bonchev–Trinajstić information content (AvgIpc) is 2.73. The first-order valence-electron chi connectivity index (χ1n) is 5.83. The zero-order valence-corrected chi connectivity index (χ0v) is 10.8. The number of ether oxygens (including phenoxy) is 1. The molecule has 0 unspecified atom stereocenters. The van der Waals surface area contributed by atoms with Crippen molar-refractivity contribution in [2.45, 2.75) is 13.8 Å². The summed E-state index contributed by atoms with van der Waals surface area (Å²) in [6, 6.07) is 9.81. The van der Waals surface area contributed by atoms with Crippen LogP contribution in [-0.4, -0.2) is 16.4 Å². The highest BCUT2D eigenvalue weighted by molar-refractivity contribution is 5.63. The summed E-state index contributed by atoms with van der Waals surface area (Å²) in [7, 11) is 1.84. The highest BCUT2D eigenvalue weighted by Gasteiger charge is 2.08. The summed E-state index contributed by atoms with van der Waals surface area (Å²) >= 11 is 0. The molecule has 0 saturated carbocycles. The van der Waals surface area contributed by atoms with Gasteiger partial charge in [-0.1, -0.05) is 0 Å². The van der Waals surface area contributed by atoms with Crippen LogP contribution in [0.2, 0.25) is 0 Å². The van der Waals surface area contributed by atoms with Crippen molar-refractivity contribution in [2.75, 3.05) is 6.61 Å². The lowest BCUT2D eigenvalue weighted by atomic mass is 10.1. The van der Waals surface area contributed by atoms with Crippen molar-refractivity contribution in [2.24, 2.45) is 7.05 Å². The van der Waals surface area contributed by atoms with Gasteiger partial charge in [-0.25, -0.2) is 0 Å². The number of nitriles is 1. The summed E-state index contributed by atoms with van der Waals surface area (Å²) in [5.41, 5.74) is 3.47. The topological polar surface area (TPSA) is 50.8 Å². The molecule has 1 heterocycles. The van der Waals surface area contributed by atoms with E-state index in [9.17, 15) is 0 Å². The van der Waals surface area contributed by atoms with E-state index in [1.165, 1.54) is 0 Å². The number of rotatable bonds is 3. The maximum absolute atomic E-state index is 8.85. The van der Waals surface area contributed by atoms with Crippen LogP contribution in [0, 0.1) is 18.3 Å². The van der Waals surface area contributed by atoms with E-state index in [4.69, 9.17) is 10.00 Å². The lowest BCUT2D eigenvalue weighted by molar-refractivity contribution is 0.338. The molecule has 0 aliphatic heterocycles. The van der Waals surface area contributed by atoms with Gasteiger partial charge in [0, 0.05) is 18.7 Å². The van der Waals surface area contributed by atoms with E-state index in [0.29, 0.717) is 12.3 Å². The molecule has 0 amide bonds. The Labute approximate surface area is 106 Å². The minimum absolute atomic E-state index is 0.430. The Hall–Kier alpha value is -2.28. The Kier molecular flexibility index (Phi) is 3.33. The van der Waals surface area contributed by atoms with E-state index in [0.717, 1.165) is 22.6 Å². The second-order valence-corrected chi connectivity index (χ2v) is 4.06. The van der Waals surface area contributed by atoms with Crippen LogP contribution < -0.4 is 4.74 Å². The van der Waals surface area contributed by atoms with Crippen molar-refractivity contribution >= 4 is 0 Å². The van der Waals surface area contributed by atoms with Crippen LogP contribution >= 0.6 is 0 Å². The number of nitrogens with zero attached hydrogens (tertiary/aromatic N) is 3. The van der Waals surface area contributed by atoms with Gasteiger partial charge in [0.1, 0.15) is 11.8 Å². The highest BCUT2D eigenvalue weighted by Crippen LogP contribution is 2.26. The van der Waals surface area contributed by atoms with Crippen LogP contribution in [0.4, 0.5) is 0 Å². The molecular weight excluding hydrogens is 226 g/mol. The predicted molar refractivity (Wildman–Crippen MR) is 69.3 cm³/mol. The van der Waals surface area contributed by atoms with Crippen LogP contribution in [-0.2, 0) is 7.05 Å². The average molecular weight is 241 g/mol. The highest BCUT2D eigenvalue weighted by atomic mass is 16.5. The third-order valence-electron chi connectivity index (χ3n) is 2.76. The molecule has 0 atom stereocenters. The Bertz CT molecular complexity index is 608. The van der Waals surface area contributed by atoms with E-state index in [1.54, 1.807) is 10.7 Å².